The van der Waals surface area contributed by atoms with Crippen LogP contribution in [0.4, 0.5) is 4.79 Å². The lowest BCUT2D eigenvalue weighted by atomic mass is 9.85. The van der Waals surface area contributed by atoms with Gasteiger partial charge in [-0.3, -0.25) is 0 Å². The molecule has 0 bridgehead atoms. The van der Waals surface area contributed by atoms with Gasteiger partial charge in [-0.15, -0.1) is 0 Å². The minimum absolute atomic E-state index is 0.185. The topological polar surface area (TPSA) is 65.7 Å². The monoisotopic (exact) mass is 296 g/mol. The Balaban J connectivity index is 2.86. The van der Waals surface area contributed by atoms with Crippen molar-refractivity contribution in [3.8, 4) is 0 Å². The Hall–Kier alpha value is -1.49. The van der Waals surface area contributed by atoms with Crippen LogP contribution in [0.25, 0.3) is 0 Å². The highest BCUT2D eigenvalue weighted by Gasteiger charge is 2.32. The first-order chi connectivity index (χ1) is 9.40. The lowest BCUT2D eigenvalue weighted by molar-refractivity contribution is 0.0518. The van der Waals surface area contributed by atoms with Crippen molar-refractivity contribution in [2.75, 3.05) is 13.6 Å². The zero-order chi connectivity index (χ0) is 16.4. The Bertz CT molecular complexity index is 480. The van der Waals surface area contributed by atoms with Gasteiger partial charge >= 0.3 is 6.03 Å². The molecular formula is C16H28N2O3. The highest BCUT2D eigenvalue weighted by molar-refractivity contribution is 5.74. The van der Waals surface area contributed by atoms with Gasteiger partial charge in [0.25, 0.3) is 0 Å². The van der Waals surface area contributed by atoms with Crippen molar-refractivity contribution in [3.63, 3.8) is 0 Å². The molecule has 0 aromatic carbocycles. The molecule has 1 aromatic rings. The molecule has 1 rings (SSSR count). The Labute approximate surface area is 127 Å². The predicted molar refractivity (Wildman–Crippen MR) is 83.1 cm³/mol. The molecule has 0 aliphatic rings. The van der Waals surface area contributed by atoms with Crippen LogP contribution in [0.3, 0.4) is 0 Å². The van der Waals surface area contributed by atoms with Crippen LogP contribution in [-0.2, 0) is 0 Å². The van der Waals surface area contributed by atoms with Crippen molar-refractivity contribution < 1.29 is 14.3 Å². The van der Waals surface area contributed by atoms with Crippen LogP contribution >= 0.6 is 0 Å². The van der Waals surface area contributed by atoms with E-state index in [9.17, 15) is 9.90 Å². The van der Waals surface area contributed by atoms with Crippen molar-refractivity contribution in [1.82, 2.24) is 10.2 Å². The van der Waals surface area contributed by atoms with Crippen LogP contribution in [0.1, 0.15) is 52.2 Å². The smallest absolute Gasteiger partial charge is 0.317 e. The van der Waals surface area contributed by atoms with Gasteiger partial charge in [-0.1, -0.05) is 20.8 Å². The average molecular weight is 296 g/mol. The van der Waals surface area contributed by atoms with Crippen LogP contribution in [0.5, 0.6) is 0 Å². The van der Waals surface area contributed by atoms with E-state index in [1.54, 1.807) is 20.9 Å². The van der Waals surface area contributed by atoms with Crippen LogP contribution < -0.4 is 5.32 Å². The molecule has 1 atom stereocenters. The first-order valence-electron chi connectivity index (χ1n) is 7.20. The molecule has 120 valence electrons. The number of aryl methyl sites for hydroxylation is 1. The van der Waals surface area contributed by atoms with E-state index in [2.05, 4.69) is 5.32 Å². The van der Waals surface area contributed by atoms with Gasteiger partial charge in [0.1, 0.15) is 11.5 Å². The summed E-state index contributed by atoms with van der Waals surface area (Å²) in [5.41, 5.74) is -1.11. The van der Waals surface area contributed by atoms with Crippen molar-refractivity contribution >= 4 is 6.03 Å². The number of urea groups is 1. The first kappa shape index (κ1) is 17.6. The molecule has 5 nitrogen and oxygen atoms in total. The summed E-state index contributed by atoms with van der Waals surface area (Å²) < 4.78 is 5.67. The molecule has 2 amide bonds. The summed E-state index contributed by atoms with van der Waals surface area (Å²) in [4.78, 5) is 13.8. The van der Waals surface area contributed by atoms with E-state index in [4.69, 9.17) is 4.42 Å². The molecule has 0 aliphatic carbocycles. The van der Waals surface area contributed by atoms with Gasteiger partial charge in [0.15, 0.2) is 0 Å². The predicted octanol–water partition coefficient (Wildman–Crippen LogP) is 3.09. The van der Waals surface area contributed by atoms with Crippen molar-refractivity contribution in [1.29, 1.82) is 0 Å². The molecule has 1 aromatic heterocycles. The van der Waals surface area contributed by atoms with Gasteiger partial charge in [-0.25, -0.2) is 4.79 Å². The van der Waals surface area contributed by atoms with E-state index in [1.165, 1.54) is 4.90 Å². The summed E-state index contributed by atoms with van der Waals surface area (Å²) in [6.07, 6.45) is 0. The van der Waals surface area contributed by atoms with Crippen molar-refractivity contribution in [3.05, 3.63) is 23.7 Å². The third-order valence-corrected chi connectivity index (χ3v) is 3.15. The normalized spacial score (nSPS) is 13.9. The molecule has 21 heavy (non-hydrogen) atoms. The van der Waals surface area contributed by atoms with E-state index >= 15 is 0 Å². The maximum absolute atomic E-state index is 12.3. The number of furan rings is 1. The van der Waals surface area contributed by atoms with Crippen LogP contribution in [0.2, 0.25) is 0 Å². The fourth-order valence-corrected chi connectivity index (χ4v) is 2.21. The summed E-state index contributed by atoms with van der Waals surface area (Å²) in [7, 11) is 1.67. The van der Waals surface area contributed by atoms with Gasteiger partial charge in [0.2, 0.25) is 0 Å². The quantitative estimate of drug-likeness (QED) is 0.897. The van der Waals surface area contributed by atoms with Gasteiger partial charge in [-0.05, 0) is 38.3 Å². The number of nitrogens with one attached hydrogen (secondary N) is 1. The van der Waals surface area contributed by atoms with Gasteiger partial charge in [0, 0.05) is 7.05 Å². The molecule has 0 saturated heterocycles. The Morgan fingerprint density at radius 2 is 1.90 bits per heavy atom. The van der Waals surface area contributed by atoms with Crippen LogP contribution in [0.15, 0.2) is 16.5 Å². The molecule has 0 unspecified atom stereocenters. The highest BCUT2D eigenvalue weighted by Crippen LogP contribution is 2.33. The second-order valence-corrected chi connectivity index (χ2v) is 7.37. The third kappa shape index (κ3) is 5.42. The molecule has 0 saturated carbocycles. The Kier molecular flexibility index (Phi) is 5.10. The number of amides is 2. The van der Waals surface area contributed by atoms with E-state index in [-0.39, 0.29) is 24.0 Å². The number of rotatable bonds is 4. The first-order valence-corrected chi connectivity index (χ1v) is 7.20. The third-order valence-electron chi connectivity index (χ3n) is 3.15. The maximum Gasteiger partial charge on any atom is 0.317 e. The van der Waals surface area contributed by atoms with Crippen molar-refractivity contribution in [2.24, 2.45) is 5.41 Å². The Morgan fingerprint density at radius 1 is 1.33 bits per heavy atom. The van der Waals surface area contributed by atoms with E-state index in [0.29, 0.717) is 0 Å². The minimum atomic E-state index is -0.926. The number of nitrogens with zero attached hydrogens (tertiary/aromatic N) is 1. The lowest BCUT2D eigenvalue weighted by Crippen LogP contribution is -2.47. The minimum Gasteiger partial charge on any atom is -0.464 e. The largest absolute Gasteiger partial charge is 0.464 e. The standard InChI is InChI=1S/C16H28N2O3/c1-11-8-9-12(21-11)13(15(2,3)4)17-14(19)18(7)10-16(5,6)20/h8-9,13,20H,10H2,1-7H3,(H,17,19)/t13-/m0/s1. The number of carbonyl (C=O) groups excluding carboxylic acids is 1. The number of likely N-dealkylation sites (N-methyl/N-ethyl adjacent to an activating group) is 1. The molecule has 1 heterocycles. The molecule has 0 fully saturated rings. The van der Waals surface area contributed by atoms with Gasteiger partial charge < -0.3 is 19.7 Å². The van der Waals surface area contributed by atoms with E-state index in [0.717, 1.165) is 11.5 Å². The number of hydrogen-bond acceptors (Lipinski definition) is 3. The molecule has 0 spiro atoms. The summed E-state index contributed by atoms with van der Waals surface area (Å²) >= 11 is 0. The summed E-state index contributed by atoms with van der Waals surface area (Å²) in [6, 6.07) is 3.32. The van der Waals surface area contributed by atoms with E-state index in [1.807, 2.05) is 39.8 Å². The van der Waals surface area contributed by atoms with Crippen LogP contribution in [0, 0.1) is 12.3 Å². The fourth-order valence-electron chi connectivity index (χ4n) is 2.21. The highest BCUT2D eigenvalue weighted by atomic mass is 16.3. The fraction of sp³-hybridized carbons (Fsp3) is 0.688. The lowest BCUT2D eigenvalue weighted by Gasteiger charge is -2.33. The maximum atomic E-state index is 12.3. The van der Waals surface area contributed by atoms with Crippen molar-refractivity contribution in [2.45, 2.75) is 53.2 Å². The molecule has 0 aliphatic heterocycles. The van der Waals surface area contributed by atoms with Gasteiger partial charge in [-0.2, -0.15) is 0 Å². The second kappa shape index (κ2) is 6.10. The zero-order valence-corrected chi connectivity index (χ0v) is 14.2. The number of carbonyl (C=O) groups is 1. The summed E-state index contributed by atoms with van der Waals surface area (Å²) in [5, 5.41) is 12.8. The van der Waals surface area contributed by atoms with E-state index < -0.39 is 5.60 Å². The molecule has 0 radical (unpaired) electrons. The number of aliphatic hydroxyl groups is 1. The molecule has 2 N–H and O–H groups in total. The zero-order valence-electron chi connectivity index (χ0n) is 14.2. The summed E-state index contributed by atoms with van der Waals surface area (Å²) in [6.45, 7) is 11.6. The summed E-state index contributed by atoms with van der Waals surface area (Å²) in [5.74, 6) is 1.56. The average Bonchev–Trinajstić information content (AvgIpc) is 2.67. The van der Waals surface area contributed by atoms with Gasteiger partial charge in [0.05, 0.1) is 18.2 Å². The SMILES string of the molecule is Cc1ccc([C@H](NC(=O)N(C)CC(C)(C)O)C(C)(C)C)o1. The second-order valence-electron chi connectivity index (χ2n) is 7.37. The van der Waals surface area contributed by atoms with Crippen LogP contribution in [-0.4, -0.2) is 35.2 Å². The Morgan fingerprint density at radius 3 is 2.29 bits per heavy atom. The molecular weight excluding hydrogens is 268 g/mol. The molecule has 5 heteroatoms. The number of hydrogen-bond donors (Lipinski definition) is 2.